The Labute approximate surface area is 158 Å². The van der Waals surface area contributed by atoms with E-state index in [0.29, 0.717) is 24.5 Å². The molecule has 0 heterocycles. The lowest BCUT2D eigenvalue weighted by Crippen LogP contribution is -2.12. The number of hydrogen-bond donors (Lipinski definition) is 0. The number of benzene rings is 2. The van der Waals surface area contributed by atoms with Crippen molar-refractivity contribution >= 4 is 11.9 Å². The molecule has 0 atom stereocenters. The molecule has 0 aliphatic rings. The van der Waals surface area contributed by atoms with Gasteiger partial charge in [0.15, 0.2) is 0 Å². The molecule has 0 aromatic heterocycles. The summed E-state index contributed by atoms with van der Waals surface area (Å²) in [5, 5.41) is 0. The Bertz CT molecular complexity index is 724. The molecule has 0 amide bonds. The molecule has 6 heteroatoms. The first-order valence-electron chi connectivity index (χ1n) is 8.50. The third-order valence-electron chi connectivity index (χ3n) is 3.44. The SMILES string of the molecule is C=CC(=O)OCCOCCOc1ccc(C(=O)OCc2ccccc2)cc1. The van der Waals surface area contributed by atoms with Crippen LogP contribution < -0.4 is 4.74 Å². The van der Waals surface area contributed by atoms with E-state index in [-0.39, 0.29) is 25.8 Å². The van der Waals surface area contributed by atoms with Crippen molar-refractivity contribution in [1.29, 1.82) is 0 Å². The topological polar surface area (TPSA) is 71.1 Å². The number of esters is 2. The minimum absolute atomic E-state index is 0.171. The summed E-state index contributed by atoms with van der Waals surface area (Å²) >= 11 is 0. The molecule has 0 unspecified atom stereocenters. The molecule has 0 bridgehead atoms. The van der Waals surface area contributed by atoms with Gasteiger partial charge in [0.2, 0.25) is 0 Å². The van der Waals surface area contributed by atoms with Crippen LogP contribution in [0.4, 0.5) is 0 Å². The van der Waals surface area contributed by atoms with Crippen molar-refractivity contribution in [2.75, 3.05) is 26.4 Å². The molecule has 2 aromatic carbocycles. The monoisotopic (exact) mass is 370 g/mol. The lowest BCUT2D eigenvalue weighted by molar-refractivity contribution is -0.139. The molecule has 0 radical (unpaired) electrons. The van der Waals surface area contributed by atoms with E-state index in [2.05, 4.69) is 6.58 Å². The predicted octanol–water partition coefficient (Wildman–Crippen LogP) is 3.17. The molecule has 2 aromatic rings. The van der Waals surface area contributed by atoms with Gasteiger partial charge in [-0.15, -0.1) is 0 Å². The average Bonchev–Trinajstić information content (AvgIpc) is 2.72. The van der Waals surface area contributed by atoms with E-state index in [1.807, 2.05) is 30.3 Å². The van der Waals surface area contributed by atoms with Gasteiger partial charge in [-0.05, 0) is 29.8 Å². The van der Waals surface area contributed by atoms with Gasteiger partial charge in [0.1, 0.15) is 25.6 Å². The molecule has 0 N–H and O–H groups in total. The van der Waals surface area contributed by atoms with Crippen LogP contribution >= 0.6 is 0 Å². The zero-order valence-corrected chi connectivity index (χ0v) is 15.0. The second kappa shape index (κ2) is 11.5. The maximum absolute atomic E-state index is 12.0. The highest BCUT2D eigenvalue weighted by molar-refractivity contribution is 5.89. The van der Waals surface area contributed by atoms with Gasteiger partial charge in [0.25, 0.3) is 0 Å². The minimum Gasteiger partial charge on any atom is -0.491 e. The van der Waals surface area contributed by atoms with E-state index in [4.69, 9.17) is 18.9 Å². The highest BCUT2D eigenvalue weighted by Crippen LogP contribution is 2.13. The lowest BCUT2D eigenvalue weighted by atomic mass is 10.2. The molecule has 0 spiro atoms. The molecule has 0 aliphatic heterocycles. The maximum Gasteiger partial charge on any atom is 0.338 e. The zero-order chi connectivity index (χ0) is 19.3. The Morgan fingerprint density at radius 3 is 2.26 bits per heavy atom. The number of carbonyl (C=O) groups excluding carboxylic acids is 2. The summed E-state index contributed by atoms with van der Waals surface area (Å²) in [5.41, 5.74) is 1.39. The number of hydrogen-bond acceptors (Lipinski definition) is 6. The molecular formula is C21H22O6. The fraction of sp³-hybridized carbons (Fsp3) is 0.238. The first-order valence-corrected chi connectivity index (χ1v) is 8.50. The van der Waals surface area contributed by atoms with E-state index < -0.39 is 5.97 Å². The van der Waals surface area contributed by atoms with Crippen LogP contribution in [0.25, 0.3) is 0 Å². The average molecular weight is 370 g/mol. The number of carbonyl (C=O) groups is 2. The normalized spacial score (nSPS) is 10.1. The first kappa shape index (κ1) is 20.2. The van der Waals surface area contributed by atoms with Gasteiger partial charge >= 0.3 is 11.9 Å². The van der Waals surface area contributed by atoms with E-state index in [1.54, 1.807) is 24.3 Å². The van der Waals surface area contributed by atoms with E-state index >= 15 is 0 Å². The summed E-state index contributed by atoms with van der Waals surface area (Å²) in [6, 6.07) is 16.2. The molecular weight excluding hydrogens is 348 g/mol. The van der Waals surface area contributed by atoms with Crippen LogP contribution in [0, 0.1) is 0 Å². The van der Waals surface area contributed by atoms with Crippen LogP contribution in [0.3, 0.4) is 0 Å². The molecule has 0 saturated heterocycles. The molecule has 0 saturated carbocycles. The molecule has 0 fully saturated rings. The van der Waals surface area contributed by atoms with Crippen LogP contribution in [0.1, 0.15) is 15.9 Å². The summed E-state index contributed by atoms with van der Waals surface area (Å²) in [6.07, 6.45) is 1.10. The van der Waals surface area contributed by atoms with Crippen molar-refractivity contribution in [3.05, 3.63) is 78.4 Å². The summed E-state index contributed by atoms with van der Waals surface area (Å²) in [7, 11) is 0. The summed E-state index contributed by atoms with van der Waals surface area (Å²) in [4.78, 5) is 22.9. The van der Waals surface area contributed by atoms with Crippen molar-refractivity contribution in [2.45, 2.75) is 6.61 Å². The maximum atomic E-state index is 12.0. The van der Waals surface area contributed by atoms with Gasteiger partial charge in [-0.25, -0.2) is 9.59 Å². The highest BCUT2D eigenvalue weighted by atomic mass is 16.6. The lowest BCUT2D eigenvalue weighted by Gasteiger charge is -2.08. The van der Waals surface area contributed by atoms with Crippen molar-refractivity contribution in [3.8, 4) is 5.75 Å². The first-order chi connectivity index (χ1) is 13.2. The minimum atomic E-state index is -0.475. The Balaban J connectivity index is 1.63. The Morgan fingerprint density at radius 1 is 0.852 bits per heavy atom. The molecule has 6 nitrogen and oxygen atoms in total. The van der Waals surface area contributed by atoms with Crippen molar-refractivity contribution in [3.63, 3.8) is 0 Å². The molecule has 0 aliphatic carbocycles. The molecule has 142 valence electrons. The van der Waals surface area contributed by atoms with Crippen LogP contribution in [0.5, 0.6) is 5.75 Å². The summed E-state index contributed by atoms with van der Waals surface area (Å²) < 4.78 is 20.8. The second-order valence-corrected chi connectivity index (χ2v) is 5.42. The standard InChI is InChI=1S/C21H22O6/c1-2-20(22)26-15-13-24-12-14-25-19-10-8-18(9-11-19)21(23)27-16-17-6-4-3-5-7-17/h2-11H,1,12-16H2. The van der Waals surface area contributed by atoms with Gasteiger partial charge in [-0.1, -0.05) is 36.9 Å². The highest BCUT2D eigenvalue weighted by Gasteiger charge is 2.07. The van der Waals surface area contributed by atoms with E-state index in [1.165, 1.54) is 0 Å². The Morgan fingerprint density at radius 2 is 1.56 bits per heavy atom. The Kier molecular flexibility index (Phi) is 8.59. The third-order valence-corrected chi connectivity index (χ3v) is 3.44. The largest absolute Gasteiger partial charge is 0.491 e. The van der Waals surface area contributed by atoms with Crippen LogP contribution in [0.2, 0.25) is 0 Å². The molecule has 2 rings (SSSR count). The number of rotatable bonds is 11. The van der Waals surface area contributed by atoms with Crippen molar-refractivity contribution in [2.24, 2.45) is 0 Å². The zero-order valence-electron chi connectivity index (χ0n) is 15.0. The van der Waals surface area contributed by atoms with Crippen LogP contribution in [-0.4, -0.2) is 38.4 Å². The smallest absolute Gasteiger partial charge is 0.338 e. The fourth-order valence-corrected chi connectivity index (χ4v) is 2.07. The summed E-state index contributed by atoms with van der Waals surface area (Å²) in [5.74, 6) is -0.240. The van der Waals surface area contributed by atoms with Gasteiger partial charge in [-0.2, -0.15) is 0 Å². The number of ether oxygens (including phenoxy) is 4. The predicted molar refractivity (Wildman–Crippen MR) is 99.5 cm³/mol. The van der Waals surface area contributed by atoms with Gasteiger partial charge in [0, 0.05) is 6.08 Å². The Hall–Kier alpha value is -3.12. The second-order valence-electron chi connectivity index (χ2n) is 5.42. The van der Waals surface area contributed by atoms with Gasteiger partial charge in [-0.3, -0.25) is 0 Å². The van der Waals surface area contributed by atoms with Crippen molar-refractivity contribution in [1.82, 2.24) is 0 Å². The quantitative estimate of drug-likeness (QED) is 0.344. The fourth-order valence-electron chi connectivity index (χ4n) is 2.07. The van der Waals surface area contributed by atoms with Crippen LogP contribution in [-0.2, 0) is 25.6 Å². The van der Waals surface area contributed by atoms with Gasteiger partial charge in [0.05, 0.1) is 18.8 Å². The van der Waals surface area contributed by atoms with Gasteiger partial charge < -0.3 is 18.9 Å². The third kappa shape index (κ3) is 7.75. The van der Waals surface area contributed by atoms with E-state index in [0.717, 1.165) is 11.6 Å². The van der Waals surface area contributed by atoms with Crippen LogP contribution in [0.15, 0.2) is 67.3 Å². The van der Waals surface area contributed by atoms with E-state index in [9.17, 15) is 9.59 Å². The van der Waals surface area contributed by atoms with Crippen molar-refractivity contribution < 1.29 is 28.5 Å². The molecule has 27 heavy (non-hydrogen) atoms. The summed E-state index contributed by atoms with van der Waals surface area (Å²) in [6.45, 7) is 4.69.